The fourth-order valence-electron chi connectivity index (χ4n) is 3.57. The van der Waals surface area contributed by atoms with Crippen LogP contribution in [0.4, 0.5) is 8.78 Å². The summed E-state index contributed by atoms with van der Waals surface area (Å²) >= 11 is 0. The largest absolute Gasteiger partial charge is 0.487 e. The Morgan fingerprint density at radius 3 is 2.77 bits per heavy atom. The molecule has 154 valence electrons. The van der Waals surface area contributed by atoms with Crippen LogP contribution in [0.1, 0.15) is 27.2 Å². The number of amides is 1. The first kappa shape index (κ1) is 19.9. The summed E-state index contributed by atoms with van der Waals surface area (Å²) in [4.78, 5) is 12.9. The lowest BCUT2D eigenvalue weighted by Gasteiger charge is -2.19. The zero-order valence-electron chi connectivity index (χ0n) is 16.2. The first-order valence-corrected chi connectivity index (χ1v) is 9.43. The molecule has 8 heteroatoms. The molecule has 1 atom stereocenters. The van der Waals surface area contributed by atoms with Gasteiger partial charge < -0.3 is 19.8 Å². The van der Waals surface area contributed by atoms with Crippen LogP contribution in [0, 0.1) is 18.3 Å². The number of carbonyl (C=O) groups is 1. The summed E-state index contributed by atoms with van der Waals surface area (Å²) in [5, 5.41) is 15.0. The third-order valence-electron chi connectivity index (χ3n) is 5.09. The van der Waals surface area contributed by atoms with Crippen molar-refractivity contribution in [1.29, 1.82) is 5.26 Å². The van der Waals surface area contributed by atoms with E-state index in [1.807, 2.05) is 30.3 Å². The van der Waals surface area contributed by atoms with E-state index in [1.54, 1.807) is 19.1 Å². The van der Waals surface area contributed by atoms with Gasteiger partial charge in [-0.05, 0) is 24.6 Å². The number of hydrogen-bond acceptors (Lipinski definition) is 5. The summed E-state index contributed by atoms with van der Waals surface area (Å²) in [6.07, 6.45) is 0. The number of halogens is 2. The van der Waals surface area contributed by atoms with Crippen molar-refractivity contribution >= 4 is 16.9 Å². The molecule has 1 aliphatic rings. The van der Waals surface area contributed by atoms with E-state index in [4.69, 9.17) is 9.15 Å². The highest BCUT2D eigenvalue weighted by atomic mass is 19.3. The van der Waals surface area contributed by atoms with Crippen LogP contribution >= 0.6 is 0 Å². The lowest BCUT2D eigenvalue weighted by Crippen LogP contribution is -2.46. The van der Waals surface area contributed by atoms with Crippen LogP contribution in [0.3, 0.4) is 0 Å². The van der Waals surface area contributed by atoms with Crippen molar-refractivity contribution in [2.45, 2.75) is 25.5 Å². The SMILES string of the molecule is Cc1oc2ccc(OCc3ccccc3)c(C#N)c2c1C(=O)NC1CNCC1(F)F. The van der Waals surface area contributed by atoms with Gasteiger partial charge in [0, 0.05) is 6.54 Å². The molecule has 3 aromatic rings. The van der Waals surface area contributed by atoms with Crippen molar-refractivity contribution in [3.05, 3.63) is 64.9 Å². The Balaban J connectivity index is 1.69. The lowest BCUT2D eigenvalue weighted by molar-refractivity contribution is -0.00247. The number of aryl methyl sites for hydroxylation is 1. The minimum atomic E-state index is -3.05. The summed E-state index contributed by atoms with van der Waals surface area (Å²) in [6.45, 7) is 1.26. The summed E-state index contributed by atoms with van der Waals surface area (Å²) in [5.74, 6) is -3.23. The zero-order valence-corrected chi connectivity index (χ0v) is 16.2. The van der Waals surface area contributed by atoms with Crippen LogP contribution < -0.4 is 15.4 Å². The molecule has 0 spiro atoms. The first-order chi connectivity index (χ1) is 14.4. The smallest absolute Gasteiger partial charge is 0.281 e. The van der Waals surface area contributed by atoms with Gasteiger partial charge in [0.05, 0.1) is 17.5 Å². The topological polar surface area (TPSA) is 87.3 Å². The number of benzene rings is 2. The molecule has 0 saturated carbocycles. The van der Waals surface area contributed by atoms with Gasteiger partial charge >= 0.3 is 0 Å². The average Bonchev–Trinajstić information content (AvgIpc) is 3.24. The first-order valence-electron chi connectivity index (χ1n) is 9.43. The Morgan fingerprint density at radius 1 is 1.33 bits per heavy atom. The molecular formula is C22H19F2N3O3. The summed E-state index contributed by atoms with van der Waals surface area (Å²) in [6, 6.07) is 13.4. The van der Waals surface area contributed by atoms with Gasteiger partial charge in [-0.1, -0.05) is 30.3 Å². The van der Waals surface area contributed by atoms with Gasteiger partial charge in [-0.25, -0.2) is 8.78 Å². The number of carbonyl (C=O) groups excluding carboxylic acids is 1. The molecule has 1 saturated heterocycles. The van der Waals surface area contributed by atoms with Crippen LogP contribution in [0.2, 0.25) is 0 Å². The number of hydrogen-bond donors (Lipinski definition) is 2. The van der Waals surface area contributed by atoms with E-state index in [0.717, 1.165) is 5.56 Å². The van der Waals surface area contributed by atoms with Crippen LogP contribution in [0.15, 0.2) is 46.9 Å². The molecule has 0 radical (unpaired) electrons. The average molecular weight is 411 g/mol. The van der Waals surface area contributed by atoms with Gasteiger partial charge in [-0.3, -0.25) is 4.79 Å². The van der Waals surface area contributed by atoms with Crippen LogP contribution in [-0.2, 0) is 6.61 Å². The minimum Gasteiger partial charge on any atom is -0.487 e. The molecule has 1 amide bonds. The number of nitrogens with zero attached hydrogens (tertiary/aromatic N) is 1. The highest BCUT2D eigenvalue weighted by molar-refractivity contribution is 6.09. The Labute approximate surface area is 171 Å². The molecule has 2 N–H and O–H groups in total. The van der Waals surface area contributed by atoms with Crippen molar-refractivity contribution in [3.8, 4) is 11.8 Å². The molecule has 2 heterocycles. The van der Waals surface area contributed by atoms with Gasteiger partial charge in [-0.2, -0.15) is 5.26 Å². The molecule has 1 aliphatic heterocycles. The molecule has 1 fully saturated rings. The maximum atomic E-state index is 13.9. The van der Waals surface area contributed by atoms with Crippen LogP contribution in [0.25, 0.3) is 11.0 Å². The van der Waals surface area contributed by atoms with Gasteiger partial charge in [0.15, 0.2) is 0 Å². The Kier molecular flexibility index (Phi) is 5.14. The number of ether oxygens (including phenoxy) is 1. The number of nitrogens with one attached hydrogen (secondary N) is 2. The normalized spacial score (nSPS) is 17.6. The van der Waals surface area contributed by atoms with E-state index in [-0.39, 0.29) is 41.2 Å². The van der Waals surface area contributed by atoms with Crippen molar-refractivity contribution in [2.24, 2.45) is 0 Å². The van der Waals surface area contributed by atoms with E-state index < -0.39 is 24.4 Å². The van der Waals surface area contributed by atoms with E-state index in [9.17, 15) is 18.8 Å². The molecule has 1 aromatic heterocycles. The van der Waals surface area contributed by atoms with Crippen molar-refractivity contribution in [2.75, 3.05) is 13.1 Å². The number of nitriles is 1. The van der Waals surface area contributed by atoms with Gasteiger partial charge in [-0.15, -0.1) is 0 Å². The zero-order chi connectivity index (χ0) is 21.3. The number of furan rings is 1. The highest BCUT2D eigenvalue weighted by Crippen LogP contribution is 2.34. The molecule has 30 heavy (non-hydrogen) atoms. The van der Waals surface area contributed by atoms with Crippen LogP contribution in [0.5, 0.6) is 5.75 Å². The maximum absolute atomic E-state index is 13.9. The Bertz CT molecular complexity index is 1140. The second-order valence-corrected chi connectivity index (χ2v) is 7.15. The lowest BCUT2D eigenvalue weighted by atomic mass is 10.0. The Morgan fingerprint density at radius 2 is 2.10 bits per heavy atom. The predicted molar refractivity (Wildman–Crippen MR) is 106 cm³/mol. The van der Waals surface area contributed by atoms with Gasteiger partial charge in [0.2, 0.25) is 0 Å². The quantitative estimate of drug-likeness (QED) is 0.671. The van der Waals surface area contributed by atoms with E-state index in [2.05, 4.69) is 16.7 Å². The fourth-order valence-corrected chi connectivity index (χ4v) is 3.57. The second kappa shape index (κ2) is 7.76. The van der Waals surface area contributed by atoms with Crippen molar-refractivity contribution < 1.29 is 22.7 Å². The van der Waals surface area contributed by atoms with Crippen molar-refractivity contribution in [3.63, 3.8) is 0 Å². The minimum absolute atomic E-state index is 0.0376. The number of alkyl halides is 2. The molecular weight excluding hydrogens is 392 g/mol. The molecule has 0 aliphatic carbocycles. The van der Waals surface area contributed by atoms with Crippen molar-refractivity contribution in [1.82, 2.24) is 10.6 Å². The molecule has 1 unspecified atom stereocenters. The Hall–Kier alpha value is -3.44. The summed E-state index contributed by atoms with van der Waals surface area (Å²) in [5.41, 5.74) is 1.42. The predicted octanol–water partition coefficient (Wildman–Crippen LogP) is 3.53. The molecule has 0 bridgehead atoms. The van der Waals surface area contributed by atoms with E-state index in [0.29, 0.717) is 5.58 Å². The number of fused-ring (bicyclic) bond motifs is 1. The van der Waals surface area contributed by atoms with Crippen LogP contribution in [-0.4, -0.2) is 31.0 Å². The molecule has 6 nitrogen and oxygen atoms in total. The summed E-state index contributed by atoms with van der Waals surface area (Å²) in [7, 11) is 0. The highest BCUT2D eigenvalue weighted by Gasteiger charge is 2.45. The standard InChI is InChI=1S/C22H19F2N3O3/c1-13-19(21(28)27-18-10-26-12-22(18,23)24)20-15(9-25)16(7-8-17(20)30-13)29-11-14-5-3-2-4-6-14/h2-8,18,26H,10-12H2,1H3,(H,27,28). The maximum Gasteiger partial charge on any atom is 0.281 e. The fraction of sp³-hybridized carbons (Fsp3) is 0.273. The van der Waals surface area contributed by atoms with E-state index in [1.165, 1.54) is 0 Å². The van der Waals surface area contributed by atoms with Gasteiger partial charge in [0.25, 0.3) is 11.8 Å². The third kappa shape index (κ3) is 3.60. The monoisotopic (exact) mass is 411 g/mol. The second-order valence-electron chi connectivity index (χ2n) is 7.15. The molecule has 2 aromatic carbocycles. The van der Waals surface area contributed by atoms with Gasteiger partial charge in [0.1, 0.15) is 41.4 Å². The number of rotatable bonds is 5. The van der Waals surface area contributed by atoms with E-state index >= 15 is 0 Å². The molecule has 4 rings (SSSR count). The third-order valence-corrected chi connectivity index (χ3v) is 5.09. The summed E-state index contributed by atoms with van der Waals surface area (Å²) < 4.78 is 39.3.